The zero-order chi connectivity index (χ0) is 67.4. The van der Waals surface area contributed by atoms with E-state index in [9.17, 15) is 0 Å². The van der Waals surface area contributed by atoms with Crippen LogP contribution in [0.5, 0.6) is 11.5 Å². The van der Waals surface area contributed by atoms with E-state index in [0.717, 1.165) is 189 Å². The van der Waals surface area contributed by atoms with Crippen molar-refractivity contribution in [3.8, 4) is 67.4 Å². The highest BCUT2D eigenvalue weighted by atomic mass is 16.5. The maximum absolute atomic E-state index is 7.84. The summed E-state index contributed by atoms with van der Waals surface area (Å²) in [4.78, 5) is 19.0. The van der Waals surface area contributed by atoms with E-state index in [2.05, 4.69) is 345 Å². The Bertz CT molecular complexity index is 5750. The third kappa shape index (κ3) is 10.9. The van der Waals surface area contributed by atoms with Crippen LogP contribution in [0.25, 0.3) is 146 Å². The van der Waals surface area contributed by atoms with Crippen LogP contribution in [-0.2, 0) is 5.60 Å². The molecule has 7 heterocycles. The van der Waals surface area contributed by atoms with Crippen LogP contribution < -0.4 is 9.47 Å². The first-order chi connectivity index (χ1) is 49.2. The zero-order valence-corrected chi connectivity index (χ0v) is 56.9. The van der Waals surface area contributed by atoms with Crippen LogP contribution in [0.4, 0.5) is 0 Å². The molecule has 2 atom stereocenters. The lowest BCUT2D eigenvalue weighted by molar-refractivity contribution is 0.0732. The summed E-state index contributed by atoms with van der Waals surface area (Å²) in [6, 6.07) is 95.9. The molecule has 0 radical (unpaired) electrons. The van der Waals surface area contributed by atoms with E-state index in [0.29, 0.717) is 0 Å². The third-order valence-corrected chi connectivity index (χ3v) is 20.4. The Morgan fingerprint density at radius 2 is 0.790 bits per heavy atom. The Kier molecular flexibility index (Phi) is 15.9. The smallest absolute Gasteiger partial charge is 0.147 e. The van der Waals surface area contributed by atoms with E-state index in [4.69, 9.17) is 19.4 Å². The molecule has 8 bridgehead atoms. The number of para-hydroxylation sites is 5. The summed E-state index contributed by atoms with van der Waals surface area (Å²) >= 11 is 0. The molecule has 2 aliphatic heterocycles. The molecule has 8 heteroatoms. The molecule has 10 aromatic carbocycles. The van der Waals surface area contributed by atoms with Crippen LogP contribution in [0.1, 0.15) is 104 Å². The van der Waals surface area contributed by atoms with Crippen LogP contribution in [0, 0.1) is 13.8 Å². The summed E-state index contributed by atoms with van der Waals surface area (Å²) in [5.74, 6) is 1.70. The number of benzene rings is 10. The molecule has 8 nitrogen and oxygen atoms in total. The number of ether oxygens (including phenoxy) is 2. The zero-order valence-electron chi connectivity index (χ0n) is 56.9. The molecule has 2 unspecified atom stereocenters. The Morgan fingerprint density at radius 1 is 0.390 bits per heavy atom. The summed E-state index contributed by atoms with van der Waals surface area (Å²) in [6.07, 6.45) is 12.8. The third-order valence-electron chi connectivity index (χ3n) is 20.4. The highest BCUT2D eigenvalue weighted by Gasteiger charge is 2.34. The topological polar surface area (TPSA) is 85.7 Å². The van der Waals surface area contributed by atoms with E-state index >= 15 is 0 Å². The highest BCUT2D eigenvalue weighted by molar-refractivity contribution is 6.11. The van der Waals surface area contributed by atoms with E-state index in [-0.39, 0.29) is 6.10 Å². The number of aromatic nitrogens is 6. The standard InChI is InChI=1S/C92H76N6O2/c1-6-8-56-92(5,100-91-59(3)28-26-43-83(91)97-79-39-22-18-35-67(79)68-36-19-23-40-80(68)97)66-57-60(4)90(84(58-66)98-81-41-24-20-37-69(81)70-38-21-25-42-82(70)98)99-85(27-7-2)61-44-46-65(47-45-61)89-77-54-52-75(95-77)87(63-31-14-10-15-32-63)73-50-48-71(93-73)86(62-29-12-9-13-30-62)72-49-51-74(94-72)88(64-33-16-11-17-34-64)76-53-55-78(89)96-76/h9-26,28-55,57-58,85,93,96H,6-8,27,56H2,1-5H3. The minimum atomic E-state index is -0.770. The predicted octanol–water partition coefficient (Wildman–Crippen LogP) is 24.5. The maximum atomic E-state index is 7.84. The lowest BCUT2D eigenvalue weighted by Gasteiger charge is -2.35. The largest absolute Gasteiger partial charge is 0.483 e. The number of aryl methyl sites for hydroxylation is 2. The van der Waals surface area contributed by atoms with Gasteiger partial charge in [-0.05, 0) is 176 Å². The number of nitrogens with zero attached hydrogens (tertiary/aromatic N) is 4. The van der Waals surface area contributed by atoms with Crippen LogP contribution in [0.2, 0.25) is 0 Å². The molecule has 0 spiro atoms. The van der Waals surface area contributed by atoms with Gasteiger partial charge in [-0.2, -0.15) is 0 Å². The maximum Gasteiger partial charge on any atom is 0.147 e. The van der Waals surface area contributed by atoms with Crippen molar-refractivity contribution >= 4 is 90.0 Å². The van der Waals surface area contributed by atoms with Gasteiger partial charge in [0.2, 0.25) is 0 Å². The lowest BCUT2D eigenvalue weighted by Crippen LogP contribution is -2.31. The fraction of sp³-hybridized carbons (Fsp3) is 0.130. The van der Waals surface area contributed by atoms with E-state index in [1.54, 1.807) is 0 Å². The predicted molar refractivity (Wildman–Crippen MR) is 417 cm³/mol. The van der Waals surface area contributed by atoms with Crippen LogP contribution in [-0.4, -0.2) is 29.1 Å². The quantitative estimate of drug-likeness (QED) is 0.0951. The summed E-state index contributed by atoms with van der Waals surface area (Å²) < 4.78 is 20.4. The average molecular weight is 1300 g/mol. The van der Waals surface area contributed by atoms with Gasteiger partial charge in [0.15, 0.2) is 0 Å². The Labute approximate surface area is 582 Å². The van der Waals surface area contributed by atoms with E-state index < -0.39 is 5.60 Å². The van der Waals surface area contributed by atoms with Gasteiger partial charge in [0, 0.05) is 65.9 Å². The second-order valence-electron chi connectivity index (χ2n) is 26.9. The molecule has 2 aliphatic rings. The molecule has 0 fully saturated rings. The number of hydrogen-bond donors (Lipinski definition) is 2. The highest BCUT2D eigenvalue weighted by Crippen LogP contribution is 2.47. The van der Waals surface area contributed by atoms with Gasteiger partial charge in [-0.3, -0.25) is 0 Å². The number of aromatic amines is 2. The fourth-order valence-electron chi connectivity index (χ4n) is 15.5. The second kappa shape index (κ2) is 25.8. The number of hydrogen-bond acceptors (Lipinski definition) is 4. The molecule has 0 saturated heterocycles. The van der Waals surface area contributed by atoms with Crippen molar-refractivity contribution < 1.29 is 9.47 Å². The molecule has 17 rings (SSSR count). The van der Waals surface area contributed by atoms with Gasteiger partial charge in [0.25, 0.3) is 0 Å². The van der Waals surface area contributed by atoms with E-state index in [1.165, 1.54) is 21.5 Å². The molecule has 100 heavy (non-hydrogen) atoms. The Hall–Kier alpha value is -12.0. The normalized spacial score (nSPS) is 13.0. The summed E-state index contributed by atoms with van der Waals surface area (Å²) in [6.45, 7) is 11.2. The van der Waals surface area contributed by atoms with Gasteiger partial charge in [0.1, 0.15) is 23.2 Å². The van der Waals surface area contributed by atoms with Crippen molar-refractivity contribution in [2.24, 2.45) is 0 Å². The van der Waals surface area contributed by atoms with Crippen LogP contribution >= 0.6 is 0 Å². The minimum absolute atomic E-state index is 0.306. The van der Waals surface area contributed by atoms with Gasteiger partial charge >= 0.3 is 0 Å². The summed E-state index contributed by atoms with van der Waals surface area (Å²) in [5, 5.41) is 4.80. The number of fused-ring (bicyclic) bond motifs is 14. The van der Waals surface area contributed by atoms with Gasteiger partial charge in [-0.25, -0.2) is 9.97 Å². The van der Waals surface area contributed by atoms with Crippen molar-refractivity contribution in [1.29, 1.82) is 0 Å². The van der Waals surface area contributed by atoms with Gasteiger partial charge in [-0.15, -0.1) is 0 Å². The number of unbranched alkanes of at least 4 members (excludes halogenated alkanes) is 1. The fourth-order valence-corrected chi connectivity index (χ4v) is 15.5. The first-order valence-corrected chi connectivity index (χ1v) is 35.2. The molecule has 2 N–H and O–H groups in total. The molecule has 0 amide bonds. The van der Waals surface area contributed by atoms with E-state index in [1.807, 2.05) is 0 Å². The van der Waals surface area contributed by atoms with Crippen LogP contribution in [0.3, 0.4) is 0 Å². The Morgan fingerprint density at radius 3 is 1.21 bits per heavy atom. The monoisotopic (exact) mass is 1300 g/mol. The Balaban J connectivity index is 0.824. The first kappa shape index (κ1) is 61.6. The lowest BCUT2D eigenvalue weighted by atomic mass is 9.88. The van der Waals surface area contributed by atoms with Crippen molar-refractivity contribution in [3.05, 3.63) is 312 Å². The average Bonchev–Trinajstić information content (AvgIpc) is 1.54. The molecular weight excluding hydrogens is 1220 g/mol. The molecule has 0 saturated carbocycles. The van der Waals surface area contributed by atoms with Crippen molar-refractivity contribution in [2.75, 3.05) is 0 Å². The van der Waals surface area contributed by atoms with Crippen molar-refractivity contribution in [1.82, 2.24) is 29.1 Å². The van der Waals surface area contributed by atoms with Crippen LogP contribution in [0.15, 0.2) is 267 Å². The number of nitrogens with one attached hydrogen (secondary N) is 2. The summed E-state index contributed by atoms with van der Waals surface area (Å²) in [5.41, 5.74) is 25.5. The van der Waals surface area contributed by atoms with Gasteiger partial charge in [0.05, 0.1) is 56.2 Å². The molecular formula is C92H76N6O2. The minimum Gasteiger partial charge on any atom is -0.483 e. The molecule has 5 aromatic heterocycles. The molecule has 0 aliphatic carbocycles. The van der Waals surface area contributed by atoms with Gasteiger partial charge in [-0.1, -0.05) is 227 Å². The molecule has 486 valence electrons. The summed E-state index contributed by atoms with van der Waals surface area (Å²) in [7, 11) is 0. The number of rotatable bonds is 17. The van der Waals surface area contributed by atoms with Crippen molar-refractivity contribution in [2.45, 2.75) is 78.4 Å². The molecule has 15 aromatic rings. The number of H-pyrrole nitrogens is 2. The first-order valence-electron chi connectivity index (χ1n) is 35.2. The SMILES string of the molecule is CCCCC(C)(Oc1c(C)cccc1-n1c2ccccc2c2ccccc21)c1cc(C)c(OC(CCC)c2ccc(-c3c4nc(c(-c5ccccc5)c5ccc([nH]5)c(-c5ccccc5)c5nc(c(-c6ccccc6)c6ccc3[nH]6)C=C5)C=C4)cc2)c(-n2c3ccccc3c3ccccc32)c1. The van der Waals surface area contributed by atoms with Gasteiger partial charge < -0.3 is 28.6 Å². The second-order valence-corrected chi connectivity index (χ2v) is 26.9. The van der Waals surface area contributed by atoms with Crippen molar-refractivity contribution in [3.63, 3.8) is 0 Å².